The zero-order valence-corrected chi connectivity index (χ0v) is 9.56. The molecule has 0 aromatic carbocycles. The lowest BCUT2D eigenvalue weighted by Gasteiger charge is -2.43. The molecule has 1 rings (SSSR count). The molecule has 0 aromatic rings. The maximum atomic E-state index is 11.2. The Morgan fingerprint density at radius 2 is 2.00 bits per heavy atom. The molecule has 1 saturated heterocycles. The van der Waals surface area contributed by atoms with E-state index in [-0.39, 0.29) is 0 Å². The monoisotopic (exact) mass is 218 g/mol. The number of hydrogen-bond acceptors (Lipinski definition) is 3. The van der Waals surface area contributed by atoms with Crippen molar-refractivity contribution in [2.24, 2.45) is 5.41 Å². The zero-order chi connectivity index (χ0) is 10.8. The summed E-state index contributed by atoms with van der Waals surface area (Å²) in [7, 11) is 0. The lowest BCUT2D eigenvalue weighted by molar-refractivity contribution is -0.169. The Morgan fingerprint density at radius 3 is 2.36 bits per heavy atom. The average molecular weight is 218 g/mol. The van der Waals surface area contributed by atoms with E-state index in [1.807, 2.05) is 6.92 Å². The maximum Gasteiger partial charge on any atom is 0.312 e. The predicted octanol–water partition coefficient (Wildman–Crippen LogP) is 1.75. The van der Waals surface area contributed by atoms with E-state index >= 15 is 0 Å². The van der Waals surface area contributed by atoms with Gasteiger partial charge in [-0.3, -0.25) is 4.79 Å². The molecule has 14 heavy (non-hydrogen) atoms. The Morgan fingerprint density at radius 1 is 1.50 bits per heavy atom. The van der Waals surface area contributed by atoms with E-state index in [2.05, 4.69) is 0 Å². The number of aliphatic carboxylic acids is 1. The van der Waals surface area contributed by atoms with Gasteiger partial charge in [-0.25, -0.2) is 0 Å². The highest BCUT2D eigenvalue weighted by Gasteiger charge is 2.51. The van der Waals surface area contributed by atoms with E-state index in [4.69, 9.17) is 0 Å². The van der Waals surface area contributed by atoms with Gasteiger partial charge in [0.2, 0.25) is 0 Å². The maximum absolute atomic E-state index is 11.2. The Kier molecular flexibility index (Phi) is 3.48. The van der Waals surface area contributed by atoms with Crippen LogP contribution in [-0.4, -0.2) is 33.3 Å². The predicted molar refractivity (Wildman–Crippen MR) is 57.5 cm³/mol. The third-order valence-electron chi connectivity index (χ3n) is 3.53. The van der Waals surface area contributed by atoms with Gasteiger partial charge in [0.1, 0.15) is 0 Å². The van der Waals surface area contributed by atoms with Gasteiger partial charge in [-0.2, -0.15) is 11.8 Å². The molecule has 2 N–H and O–H groups in total. The summed E-state index contributed by atoms with van der Waals surface area (Å²) in [5.41, 5.74) is -2.01. The Balaban J connectivity index is 2.90. The summed E-state index contributed by atoms with van der Waals surface area (Å²) >= 11 is 1.78. The first kappa shape index (κ1) is 11.9. The van der Waals surface area contributed by atoms with E-state index in [1.165, 1.54) is 0 Å². The molecule has 1 unspecified atom stereocenters. The number of hydrogen-bond donors (Lipinski definition) is 2. The molecule has 1 fully saturated rings. The van der Waals surface area contributed by atoms with E-state index in [1.54, 1.807) is 18.7 Å². The Hall–Kier alpha value is -0.220. The molecule has 3 nitrogen and oxygen atoms in total. The zero-order valence-electron chi connectivity index (χ0n) is 8.75. The first-order valence-corrected chi connectivity index (χ1v) is 6.15. The van der Waals surface area contributed by atoms with Crippen LogP contribution in [0.1, 0.15) is 33.1 Å². The molecule has 0 amide bonds. The highest BCUT2D eigenvalue weighted by Crippen LogP contribution is 2.43. The molecule has 0 aromatic heterocycles. The Bertz CT molecular complexity index is 223. The number of thioether (sulfide) groups is 1. The summed E-state index contributed by atoms with van der Waals surface area (Å²) in [6.07, 6.45) is 1.66. The van der Waals surface area contributed by atoms with Gasteiger partial charge < -0.3 is 10.2 Å². The second-order valence-electron chi connectivity index (χ2n) is 4.13. The quantitative estimate of drug-likeness (QED) is 0.757. The molecule has 1 atom stereocenters. The molecule has 0 saturated carbocycles. The molecule has 0 bridgehead atoms. The van der Waals surface area contributed by atoms with Crippen LogP contribution in [-0.2, 0) is 4.79 Å². The summed E-state index contributed by atoms with van der Waals surface area (Å²) in [6.45, 7) is 3.49. The van der Waals surface area contributed by atoms with Crippen molar-refractivity contribution < 1.29 is 15.0 Å². The van der Waals surface area contributed by atoms with Gasteiger partial charge >= 0.3 is 5.97 Å². The van der Waals surface area contributed by atoms with Crippen LogP contribution in [0.4, 0.5) is 0 Å². The number of rotatable bonds is 3. The minimum atomic E-state index is -1.02. The van der Waals surface area contributed by atoms with Gasteiger partial charge in [0.15, 0.2) is 0 Å². The van der Waals surface area contributed by atoms with Crippen LogP contribution in [0, 0.1) is 5.41 Å². The van der Waals surface area contributed by atoms with E-state index in [9.17, 15) is 15.0 Å². The van der Waals surface area contributed by atoms with Crippen LogP contribution in [0.15, 0.2) is 0 Å². The van der Waals surface area contributed by atoms with Crippen molar-refractivity contribution in [3.05, 3.63) is 0 Å². The molecule has 1 aliphatic rings. The Labute approximate surface area is 88.9 Å². The summed E-state index contributed by atoms with van der Waals surface area (Å²) < 4.78 is 0. The molecule has 0 radical (unpaired) electrons. The van der Waals surface area contributed by atoms with Crippen molar-refractivity contribution in [2.75, 3.05) is 11.5 Å². The van der Waals surface area contributed by atoms with Crippen LogP contribution in [0.25, 0.3) is 0 Å². The fourth-order valence-corrected chi connectivity index (χ4v) is 3.11. The van der Waals surface area contributed by atoms with Gasteiger partial charge in [-0.15, -0.1) is 0 Å². The average Bonchev–Trinajstić information content (AvgIpc) is 2.17. The van der Waals surface area contributed by atoms with Crippen molar-refractivity contribution in [3.8, 4) is 0 Å². The van der Waals surface area contributed by atoms with Crippen molar-refractivity contribution >= 4 is 17.7 Å². The lowest BCUT2D eigenvalue weighted by Crippen LogP contribution is -2.53. The molecule has 1 heterocycles. The molecule has 82 valence electrons. The van der Waals surface area contributed by atoms with Crippen molar-refractivity contribution in [3.63, 3.8) is 0 Å². The van der Waals surface area contributed by atoms with Crippen LogP contribution < -0.4 is 0 Å². The summed E-state index contributed by atoms with van der Waals surface area (Å²) in [4.78, 5) is 11.2. The molecular weight excluding hydrogens is 200 g/mol. The standard InChI is InChI=1S/C10H18O3S/c1-3-9(2,8(11)12)10(13)4-6-14-7-5-10/h13H,3-7H2,1-2H3,(H,11,12). The van der Waals surface area contributed by atoms with Crippen molar-refractivity contribution in [1.82, 2.24) is 0 Å². The van der Waals surface area contributed by atoms with Crippen molar-refractivity contribution in [1.29, 1.82) is 0 Å². The summed E-state index contributed by atoms with van der Waals surface area (Å²) in [5.74, 6) is 0.841. The minimum Gasteiger partial charge on any atom is -0.481 e. The normalized spacial score (nSPS) is 25.4. The van der Waals surface area contributed by atoms with Crippen molar-refractivity contribution in [2.45, 2.75) is 38.7 Å². The fourth-order valence-electron chi connectivity index (χ4n) is 1.94. The summed E-state index contributed by atoms with van der Waals surface area (Å²) in [5, 5.41) is 19.5. The molecule has 1 aliphatic heterocycles. The third-order valence-corrected chi connectivity index (χ3v) is 4.51. The summed E-state index contributed by atoms with van der Waals surface area (Å²) in [6, 6.07) is 0. The highest BCUT2D eigenvalue weighted by atomic mass is 32.2. The van der Waals surface area contributed by atoms with Crippen LogP contribution in [0.5, 0.6) is 0 Å². The van der Waals surface area contributed by atoms with Crippen LogP contribution in [0.2, 0.25) is 0 Å². The van der Waals surface area contributed by atoms with Crippen LogP contribution in [0.3, 0.4) is 0 Å². The second kappa shape index (κ2) is 4.11. The first-order chi connectivity index (χ1) is 6.46. The van der Waals surface area contributed by atoms with E-state index in [0.29, 0.717) is 19.3 Å². The van der Waals surface area contributed by atoms with Crippen LogP contribution >= 0.6 is 11.8 Å². The highest BCUT2D eigenvalue weighted by molar-refractivity contribution is 7.99. The molecule has 0 spiro atoms. The van der Waals surface area contributed by atoms with Gasteiger partial charge in [-0.05, 0) is 37.7 Å². The number of carboxylic acids is 1. The molecule has 4 heteroatoms. The molecular formula is C10H18O3S. The topological polar surface area (TPSA) is 57.5 Å². The minimum absolute atomic E-state index is 0.476. The van der Waals surface area contributed by atoms with Gasteiger partial charge in [-0.1, -0.05) is 6.92 Å². The first-order valence-electron chi connectivity index (χ1n) is 5.00. The number of aliphatic hydroxyl groups is 1. The third kappa shape index (κ3) is 1.77. The fraction of sp³-hybridized carbons (Fsp3) is 0.900. The number of carboxylic acid groups (broad SMARTS) is 1. The second-order valence-corrected chi connectivity index (χ2v) is 5.36. The smallest absolute Gasteiger partial charge is 0.312 e. The van der Waals surface area contributed by atoms with Gasteiger partial charge in [0.25, 0.3) is 0 Å². The molecule has 0 aliphatic carbocycles. The number of carbonyl (C=O) groups is 1. The SMILES string of the molecule is CCC(C)(C(=O)O)C1(O)CCSCC1. The van der Waals surface area contributed by atoms with E-state index < -0.39 is 17.0 Å². The van der Waals surface area contributed by atoms with E-state index in [0.717, 1.165) is 11.5 Å². The van der Waals surface area contributed by atoms with Gasteiger partial charge in [0, 0.05) is 0 Å². The largest absolute Gasteiger partial charge is 0.481 e. The lowest BCUT2D eigenvalue weighted by atomic mass is 9.68. The van der Waals surface area contributed by atoms with Gasteiger partial charge in [0.05, 0.1) is 11.0 Å².